The summed E-state index contributed by atoms with van der Waals surface area (Å²) >= 11 is 0. The molecule has 0 saturated carbocycles. The van der Waals surface area contributed by atoms with Gasteiger partial charge in [0.1, 0.15) is 5.76 Å². The third kappa shape index (κ3) is 13.3. The van der Waals surface area contributed by atoms with E-state index in [-0.39, 0.29) is 23.9 Å². The predicted molar refractivity (Wildman–Crippen MR) is 113 cm³/mol. The third-order valence-electron chi connectivity index (χ3n) is 3.42. The van der Waals surface area contributed by atoms with E-state index in [1.807, 2.05) is 6.26 Å². The van der Waals surface area contributed by atoms with Crippen LogP contribution in [0.1, 0.15) is 39.5 Å². The number of rotatable bonds is 15. The van der Waals surface area contributed by atoms with Crippen molar-refractivity contribution in [1.29, 1.82) is 0 Å². The van der Waals surface area contributed by atoms with Crippen LogP contribution in [0.3, 0.4) is 0 Å². The molecular formula is C19H33NO4S2. The van der Waals surface area contributed by atoms with Gasteiger partial charge in [-0.05, 0) is 57.1 Å². The quantitative estimate of drug-likeness (QED) is 0.168. The van der Waals surface area contributed by atoms with Crippen molar-refractivity contribution in [2.75, 3.05) is 32.6 Å². The van der Waals surface area contributed by atoms with E-state index in [1.165, 1.54) is 0 Å². The molecule has 26 heavy (non-hydrogen) atoms. The lowest BCUT2D eigenvalue weighted by Crippen LogP contribution is -2.27. The molecule has 0 aromatic heterocycles. The van der Waals surface area contributed by atoms with Crippen LogP contribution in [0.5, 0.6) is 0 Å². The summed E-state index contributed by atoms with van der Waals surface area (Å²) in [4.78, 5) is 11.9. The molecule has 0 aromatic carbocycles. The molecule has 0 aliphatic carbocycles. The van der Waals surface area contributed by atoms with E-state index < -0.39 is 0 Å². The van der Waals surface area contributed by atoms with Gasteiger partial charge in [0.25, 0.3) is 0 Å². The summed E-state index contributed by atoms with van der Waals surface area (Å²) in [5, 5.41) is 21.0. The number of allylic oxidation sites excluding steroid dienone is 1. The summed E-state index contributed by atoms with van der Waals surface area (Å²) < 4.78 is 5.76. The summed E-state index contributed by atoms with van der Waals surface area (Å²) in [6, 6.07) is 0. The minimum Gasteiger partial charge on any atom is -0.494 e. The second-order valence-corrected chi connectivity index (χ2v) is 9.37. The fraction of sp³-hybridized carbons (Fsp3) is 0.632. The van der Waals surface area contributed by atoms with Crippen molar-refractivity contribution in [3.63, 3.8) is 0 Å². The fourth-order valence-corrected chi connectivity index (χ4v) is 4.22. The summed E-state index contributed by atoms with van der Waals surface area (Å²) in [5.41, 5.74) is 0.646. The summed E-state index contributed by atoms with van der Waals surface area (Å²) in [6.07, 6.45) is 9.59. The van der Waals surface area contributed by atoms with E-state index in [1.54, 1.807) is 39.8 Å². The van der Waals surface area contributed by atoms with E-state index in [0.717, 1.165) is 6.42 Å². The van der Waals surface area contributed by atoms with Gasteiger partial charge in [0, 0.05) is 24.3 Å². The Morgan fingerprint density at radius 2 is 2.08 bits per heavy atom. The Bertz CT molecular complexity index is 476. The summed E-state index contributed by atoms with van der Waals surface area (Å²) in [5.74, 6) is 0.648. The van der Waals surface area contributed by atoms with Crippen LogP contribution >= 0.6 is 21.6 Å². The molecule has 1 amide bonds. The predicted octanol–water partition coefficient (Wildman–Crippen LogP) is 3.45. The summed E-state index contributed by atoms with van der Waals surface area (Å²) in [6.45, 7) is 8.83. The van der Waals surface area contributed by atoms with Crippen molar-refractivity contribution in [2.24, 2.45) is 0 Å². The molecule has 0 bridgehead atoms. The molecule has 0 spiro atoms. The second-order valence-electron chi connectivity index (χ2n) is 6.26. The normalized spacial score (nSPS) is 12.8. The van der Waals surface area contributed by atoms with Crippen molar-refractivity contribution >= 4 is 27.5 Å². The smallest absolute Gasteiger partial charge is 0.220 e. The van der Waals surface area contributed by atoms with Crippen LogP contribution < -0.4 is 5.32 Å². The van der Waals surface area contributed by atoms with E-state index in [2.05, 4.69) is 25.7 Å². The van der Waals surface area contributed by atoms with Gasteiger partial charge in [-0.2, -0.15) is 0 Å². The van der Waals surface area contributed by atoms with E-state index in [4.69, 9.17) is 9.84 Å². The molecule has 0 atom stereocenters. The highest BCUT2D eigenvalue weighted by Gasteiger charge is 2.19. The molecule has 0 aliphatic heterocycles. The molecule has 0 rings (SSSR count). The molecule has 0 aromatic rings. The minimum absolute atomic E-state index is 0.0322. The number of nitrogens with one attached hydrogen (secondary N) is 1. The molecule has 3 N–H and O–H groups in total. The average Bonchev–Trinajstić information content (AvgIpc) is 2.61. The Morgan fingerprint density at radius 1 is 1.35 bits per heavy atom. The molecule has 0 radical (unpaired) electrons. The van der Waals surface area contributed by atoms with Crippen LogP contribution in [0.2, 0.25) is 0 Å². The molecule has 0 fully saturated rings. The lowest BCUT2D eigenvalue weighted by molar-refractivity contribution is -0.121. The zero-order valence-corrected chi connectivity index (χ0v) is 17.8. The number of aliphatic hydroxyl groups excluding tert-OH is 2. The van der Waals surface area contributed by atoms with E-state index in [0.29, 0.717) is 43.7 Å². The van der Waals surface area contributed by atoms with Gasteiger partial charge in [-0.1, -0.05) is 34.2 Å². The van der Waals surface area contributed by atoms with Crippen LogP contribution in [-0.2, 0) is 9.53 Å². The zero-order chi connectivity index (χ0) is 19.8. The Balaban J connectivity index is 4.16. The van der Waals surface area contributed by atoms with Crippen molar-refractivity contribution in [1.82, 2.24) is 5.32 Å². The maximum Gasteiger partial charge on any atom is 0.220 e. The van der Waals surface area contributed by atoms with E-state index in [9.17, 15) is 9.90 Å². The van der Waals surface area contributed by atoms with Gasteiger partial charge in [-0.25, -0.2) is 0 Å². The number of aliphatic hydroxyl groups is 2. The maximum absolute atomic E-state index is 11.9. The first-order chi connectivity index (χ1) is 12.4. The van der Waals surface area contributed by atoms with Gasteiger partial charge in [0.2, 0.25) is 5.91 Å². The Hall–Kier alpha value is -0.890. The molecule has 7 heteroatoms. The van der Waals surface area contributed by atoms with Gasteiger partial charge in [0.05, 0.1) is 13.2 Å². The molecule has 0 aliphatic rings. The topological polar surface area (TPSA) is 78.8 Å². The van der Waals surface area contributed by atoms with Crippen LogP contribution in [0.25, 0.3) is 0 Å². The first-order valence-electron chi connectivity index (χ1n) is 8.74. The van der Waals surface area contributed by atoms with Gasteiger partial charge in [0.15, 0.2) is 0 Å². The average molecular weight is 404 g/mol. The highest BCUT2D eigenvalue weighted by atomic mass is 33.1. The number of hydrogen-bond acceptors (Lipinski definition) is 6. The summed E-state index contributed by atoms with van der Waals surface area (Å²) in [7, 11) is 3.51. The highest BCUT2D eigenvalue weighted by molar-refractivity contribution is 8.76. The highest BCUT2D eigenvalue weighted by Crippen LogP contribution is 2.36. The molecule has 5 nitrogen and oxygen atoms in total. The number of carbonyl (C=O) groups excluding carboxylic acids is 1. The minimum atomic E-state index is -0.120. The number of ether oxygens (including phenoxy) is 1. The molecule has 150 valence electrons. The van der Waals surface area contributed by atoms with Gasteiger partial charge >= 0.3 is 0 Å². The fourth-order valence-electron chi connectivity index (χ4n) is 1.98. The van der Waals surface area contributed by atoms with E-state index >= 15 is 0 Å². The Kier molecular flexibility index (Phi) is 14.7. The molecule has 0 saturated heterocycles. The Labute approximate surface area is 165 Å². The number of amides is 1. The number of carbonyl (C=O) groups is 1. The second kappa shape index (κ2) is 15.2. The third-order valence-corrected chi connectivity index (χ3v) is 6.10. The maximum atomic E-state index is 11.9. The standard InChI is InChI=1S/C19H33NO4S2/c1-5-16(15-22)14-17(8-6-12-21)24-13-7-11-20-18(23)9-10-19(2,3)26-25-4/h5,8,14,21-22H,1,6-7,9-13,15H2,2-4H3,(H,20,23)/b16-14+,17-8+. The zero-order valence-electron chi connectivity index (χ0n) is 16.1. The van der Waals surface area contributed by atoms with Crippen molar-refractivity contribution < 1.29 is 19.7 Å². The van der Waals surface area contributed by atoms with Crippen LogP contribution in [0, 0.1) is 0 Å². The van der Waals surface area contributed by atoms with Gasteiger partial charge in [-0.3, -0.25) is 4.79 Å². The van der Waals surface area contributed by atoms with Crippen LogP contribution in [0.4, 0.5) is 0 Å². The van der Waals surface area contributed by atoms with Gasteiger partial charge in [-0.15, -0.1) is 0 Å². The molecule has 0 unspecified atom stereocenters. The Morgan fingerprint density at radius 3 is 2.65 bits per heavy atom. The largest absolute Gasteiger partial charge is 0.494 e. The van der Waals surface area contributed by atoms with Crippen molar-refractivity contribution in [3.05, 3.63) is 36.1 Å². The first kappa shape index (κ1) is 25.1. The first-order valence-corrected chi connectivity index (χ1v) is 11.3. The van der Waals surface area contributed by atoms with Crippen LogP contribution in [0.15, 0.2) is 36.1 Å². The van der Waals surface area contributed by atoms with Gasteiger partial charge < -0.3 is 20.3 Å². The van der Waals surface area contributed by atoms with Crippen LogP contribution in [-0.4, -0.2) is 53.5 Å². The lowest BCUT2D eigenvalue weighted by atomic mass is 10.1. The SMILES string of the molecule is C=C/C(=C\C(=C/CCO)OCCCNC(=O)CCC(C)(C)SSC)CO. The van der Waals surface area contributed by atoms with Crippen molar-refractivity contribution in [2.45, 2.75) is 44.3 Å². The molecular weight excluding hydrogens is 370 g/mol. The monoisotopic (exact) mass is 403 g/mol. The lowest BCUT2D eigenvalue weighted by Gasteiger charge is -2.21. The molecule has 0 heterocycles. The number of hydrogen-bond donors (Lipinski definition) is 3. The van der Waals surface area contributed by atoms with Crippen molar-refractivity contribution in [3.8, 4) is 0 Å².